The lowest BCUT2D eigenvalue weighted by Crippen LogP contribution is -2.39. The number of hydrogen-bond donors (Lipinski definition) is 1. The number of furan rings is 1. The van der Waals surface area contributed by atoms with E-state index in [4.69, 9.17) is 18.9 Å². The van der Waals surface area contributed by atoms with Crippen LogP contribution in [0.4, 0.5) is 0 Å². The van der Waals surface area contributed by atoms with E-state index in [1.165, 1.54) is 0 Å². The van der Waals surface area contributed by atoms with Gasteiger partial charge in [-0.1, -0.05) is 24.3 Å². The van der Waals surface area contributed by atoms with Crippen molar-refractivity contribution < 1.29 is 18.7 Å². The van der Waals surface area contributed by atoms with E-state index in [0.29, 0.717) is 24.6 Å². The van der Waals surface area contributed by atoms with Gasteiger partial charge in [-0.15, -0.1) is 0 Å². The van der Waals surface area contributed by atoms with Gasteiger partial charge in [0.2, 0.25) is 0 Å². The predicted octanol–water partition coefficient (Wildman–Crippen LogP) is 4.98. The number of carbonyl (C=O) groups excluding carboxylic acids is 1. The van der Waals surface area contributed by atoms with Crippen molar-refractivity contribution in [2.75, 3.05) is 20.2 Å². The van der Waals surface area contributed by atoms with Crippen LogP contribution in [0.2, 0.25) is 0 Å². The van der Waals surface area contributed by atoms with Crippen molar-refractivity contribution in [3.8, 4) is 17.4 Å². The lowest BCUT2D eigenvalue weighted by Gasteiger charge is -2.31. The zero-order chi connectivity index (χ0) is 21.2. The van der Waals surface area contributed by atoms with Gasteiger partial charge in [-0.2, -0.15) is 0 Å². The molecule has 0 aliphatic carbocycles. The molecule has 0 bridgehead atoms. The third-order valence-electron chi connectivity index (χ3n) is 5.57. The summed E-state index contributed by atoms with van der Waals surface area (Å²) in [6, 6.07) is 18.6. The van der Waals surface area contributed by atoms with E-state index in [-0.39, 0.29) is 23.5 Å². The molecule has 4 aromatic rings. The van der Waals surface area contributed by atoms with Gasteiger partial charge in [0.1, 0.15) is 5.82 Å². The van der Waals surface area contributed by atoms with Crippen LogP contribution in [-0.4, -0.2) is 41.0 Å². The monoisotopic (exact) mass is 417 g/mol. The van der Waals surface area contributed by atoms with Gasteiger partial charge in [-0.05, 0) is 43.2 Å². The van der Waals surface area contributed by atoms with Crippen LogP contribution in [0.1, 0.15) is 35.1 Å². The Morgan fingerprint density at radius 3 is 2.74 bits per heavy atom. The van der Waals surface area contributed by atoms with Gasteiger partial charge in [0.25, 0.3) is 11.9 Å². The van der Waals surface area contributed by atoms with Gasteiger partial charge >= 0.3 is 0 Å². The number of carbonyl (C=O) groups is 1. The summed E-state index contributed by atoms with van der Waals surface area (Å²) in [5, 5.41) is 0. The first kappa shape index (κ1) is 19.2. The summed E-state index contributed by atoms with van der Waals surface area (Å²) in [7, 11) is 1.58. The molecular weight excluding hydrogens is 394 g/mol. The normalized spacial score (nSPS) is 16.4. The van der Waals surface area contributed by atoms with Crippen molar-refractivity contribution in [1.29, 1.82) is 0 Å². The molecule has 1 amide bonds. The Morgan fingerprint density at radius 1 is 1.10 bits per heavy atom. The second-order valence-electron chi connectivity index (χ2n) is 7.60. The number of ether oxygens (including phenoxy) is 2. The summed E-state index contributed by atoms with van der Waals surface area (Å²) >= 11 is 0. The number of nitrogens with zero attached hydrogens (tertiary/aromatic N) is 2. The summed E-state index contributed by atoms with van der Waals surface area (Å²) in [5.41, 5.74) is 1.97. The Morgan fingerprint density at radius 2 is 1.90 bits per heavy atom. The zero-order valence-electron chi connectivity index (χ0n) is 17.2. The molecule has 1 atom stereocenters. The third-order valence-corrected chi connectivity index (χ3v) is 5.57. The molecule has 1 aliphatic rings. The fourth-order valence-corrected chi connectivity index (χ4v) is 4.01. The van der Waals surface area contributed by atoms with Crippen molar-refractivity contribution in [3.63, 3.8) is 0 Å². The summed E-state index contributed by atoms with van der Waals surface area (Å²) < 4.78 is 16.8. The number of nitrogens with one attached hydrogen (secondary N) is 1. The van der Waals surface area contributed by atoms with Crippen LogP contribution in [0.5, 0.6) is 17.4 Å². The maximum Gasteiger partial charge on any atom is 0.290 e. The van der Waals surface area contributed by atoms with Crippen LogP contribution in [0.15, 0.2) is 65.1 Å². The molecule has 158 valence electrons. The van der Waals surface area contributed by atoms with Crippen LogP contribution >= 0.6 is 0 Å². The van der Waals surface area contributed by atoms with E-state index in [1.54, 1.807) is 31.4 Å². The average molecular weight is 417 g/mol. The molecule has 0 saturated carbocycles. The molecule has 3 heterocycles. The average Bonchev–Trinajstić information content (AvgIpc) is 3.46. The number of methoxy groups -OCH3 is 1. The first-order valence-corrected chi connectivity index (χ1v) is 10.4. The molecule has 5 rings (SSSR count). The third kappa shape index (κ3) is 3.86. The number of amides is 1. The Bertz CT molecular complexity index is 1180. The van der Waals surface area contributed by atoms with Gasteiger partial charge in [0, 0.05) is 25.1 Å². The van der Waals surface area contributed by atoms with E-state index >= 15 is 0 Å². The van der Waals surface area contributed by atoms with E-state index in [1.807, 2.05) is 41.3 Å². The number of para-hydroxylation sites is 4. The first-order valence-electron chi connectivity index (χ1n) is 10.4. The minimum Gasteiger partial charge on any atom is -0.493 e. The van der Waals surface area contributed by atoms with E-state index < -0.39 is 0 Å². The molecule has 7 nitrogen and oxygen atoms in total. The number of aromatic amines is 1. The Labute approximate surface area is 179 Å². The molecule has 31 heavy (non-hydrogen) atoms. The number of imidazole rings is 1. The molecule has 1 N–H and O–H groups in total. The molecule has 1 unspecified atom stereocenters. The highest BCUT2D eigenvalue weighted by atomic mass is 16.6. The Kier molecular flexibility index (Phi) is 5.08. The van der Waals surface area contributed by atoms with E-state index in [0.717, 1.165) is 29.7 Å². The minimum atomic E-state index is -0.143. The smallest absolute Gasteiger partial charge is 0.290 e. The van der Waals surface area contributed by atoms with Crippen molar-refractivity contribution in [2.45, 2.75) is 18.8 Å². The minimum absolute atomic E-state index is 0.143. The Balaban J connectivity index is 1.30. The standard InChI is InChI=1S/C24H23N3O4/c1-29-19-10-4-5-11-20(19)30-22-13-12-21(31-22)24(28)27-14-6-7-16(15-27)23-25-17-8-2-3-9-18(17)26-23/h2-5,8-13,16H,6-7,14-15H2,1H3,(H,25,26). The fraction of sp³-hybridized carbons (Fsp3) is 0.250. The van der Waals surface area contributed by atoms with Gasteiger partial charge in [0.05, 0.1) is 18.1 Å². The largest absolute Gasteiger partial charge is 0.493 e. The number of hydrogen-bond acceptors (Lipinski definition) is 5. The second kappa shape index (κ2) is 8.18. The summed E-state index contributed by atoms with van der Waals surface area (Å²) in [5.74, 6) is 2.59. The van der Waals surface area contributed by atoms with Crippen molar-refractivity contribution in [3.05, 3.63) is 72.2 Å². The number of H-pyrrole nitrogens is 1. The molecule has 2 aromatic heterocycles. The highest BCUT2D eigenvalue weighted by Gasteiger charge is 2.29. The maximum atomic E-state index is 13.1. The number of fused-ring (bicyclic) bond motifs is 1. The van der Waals surface area contributed by atoms with Crippen LogP contribution in [0, 0.1) is 0 Å². The van der Waals surface area contributed by atoms with Crippen LogP contribution < -0.4 is 9.47 Å². The SMILES string of the molecule is COc1ccccc1Oc1ccc(C(=O)N2CCCC(c3nc4ccccc4[nH]3)C2)o1. The molecular formula is C24H23N3O4. The predicted molar refractivity (Wildman–Crippen MR) is 116 cm³/mol. The number of benzene rings is 2. The molecule has 0 spiro atoms. The molecule has 0 radical (unpaired) electrons. The van der Waals surface area contributed by atoms with Crippen molar-refractivity contribution >= 4 is 16.9 Å². The number of rotatable bonds is 5. The fourth-order valence-electron chi connectivity index (χ4n) is 4.01. The van der Waals surface area contributed by atoms with Crippen molar-refractivity contribution in [1.82, 2.24) is 14.9 Å². The van der Waals surface area contributed by atoms with E-state index in [2.05, 4.69) is 4.98 Å². The molecule has 1 fully saturated rings. The molecule has 7 heteroatoms. The van der Waals surface area contributed by atoms with Crippen LogP contribution in [0.3, 0.4) is 0 Å². The summed E-state index contributed by atoms with van der Waals surface area (Å²) in [4.78, 5) is 23.0. The molecule has 1 saturated heterocycles. The van der Waals surface area contributed by atoms with Crippen LogP contribution in [-0.2, 0) is 0 Å². The summed E-state index contributed by atoms with van der Waals surface area (Å²) in [6.07, 6.45) is 1.91. The molecule has 2 aromatic carbocycles. The number of likely N-dealkylation sites (tertiary alicyclic amines) is 1. The highest BCUT2D eigenvalue weighted by molar-refractivity contribution is 5.91. The number of piperidine rings is 1. The van der Waals surface area contributed by atoms with Crippen LogP contribution in [0.25, 0.3) is 11.0 Å². The van der Waals surface area contributed by atoms with Gasteiger partial charge < -0.3 is 23.8 Å². The van der Waals surface area contributed by atoms with Gasteiger partial charge in [-0.25, -0.2) is 4.98 Å². The Hall–Kier alpha value is -3.74. The van der Waals surface area contributed by atoms with Gasteiger partial charge in [0.15, 0.2) is 17.3 Å². The number of aromatic nitrogens is 2. The highest BCUT2D eigenvalue weighted by Crippen LogP contribution is 2.33. The quantitative estimate of drug-likeness (QED) is 0.495. The maximum absolute atomic E-state index is 13.1. The van der Waals surface area contributed by atoms with Crippen molar-refractivity contribution in [2.24, 2.45) is 0 Å². The summed E-state index contributed by atoms with van der Waals surface area (Å²) in [6.45, 7) is 1.29. The zero-order valence-corrected chi connectivity index (χ0v) is 17.2. The molecule has 1 aliphatic heterocycles. The van der Waals surface area contributed by atoms with E-state index in [9.17, 15) is 4.79 Å². The first-order chi connectivity index (χ1) is 15.2. The van der Waals surface area contributed by atoms with Gasteiger partial charge in [-0.3, -0.25) is 4.79 Å². The topological polar surface area (TPSA) is 80.6 Å². The lowest BCUT2D eigenvalue weighted by atomic mass is 9.97. The second-order valence-corrected chi connectivity index (χ2v) is 7.60. The lowest BCUT2D eigenvalue weighted by molar-refractivity contribution is 0.0667.